The summed E-state index contributed by atoms with van der Waals surface area (Å²) in [6.45, 7) is 3.65. The van der Waals surface area contributed by atoms with Gasteiger partial charge in [-0.15, -0.1) is 11.3 Å². The largest absolute Gasteiger partial charge is 0.484 e. The highest BCUT2D eigenvalue weighted by atomic mass is 32.1. The molecule has 1 unspecified atom stereocenters. The molecule has 1 N–H and O–H groups in total. The van der Waals surface area contributed by atoms with Crippen LogP contribution in [-0.2, 0) is 9.53 Å². The van der Waals surface area contributed by atoms with Crippen molar-refractivity contribution < 1.29 is 14.3 Å². The number of hydrogen-bond acceptors (Lipinski definition) is 6. The lowest BCUT2D eigenvalue weighted by Crippen LogP contribution is -2.44. The van der Waals surface area contributed by atoms with Crippen molar-refractivity contribution in [1.82, 2.24) is 10.2 Å². The van der Waals surface area contributed by atoms with Gasteiger partial charge in [-0.05, 0) is 35.7 Å². The van der Waals surface area contributed by atoms with Crippen LogP contribution in [0.5, 0.6) is 5.75 Å². The Bertz CT molecular complexity index is 734. The second kappa shape index (κ2) is 9.34. The van der Waals surface area contributed by atoms with Crippen LogP contribution in [0.1, 0.15) is 16.5 Å². The van der Waals surface area contributed by atoms with Gasteiger partial charge in [0.1, 0.15) is 5.75 Å². The normalized spacial score (nSPS) is 15.8. The highest BCUT2D eigenvalue weighted by molar-refractivity contribution is 7.10. The van der Waals surface area contributed by atoms with E-state index in [0.29, 0.717) is 17.9 Å². The number of carbonyl (C=O) groups is 1. The molecule has 0 radical (unpaired) electrons. The number of nitrogens with one attached hydrogen (secondary N) is 1. The summed E-state index contributed by atoms with van der Waals surface area (Å²) in [4.78, 5) is 15.7. The van der Waals surface area contributed by atoms with Crippen molar-refractivity contribution >= 4 is 17.2 Å². The molecule has 0 aliphatic carbocycles. The third-order valence-electron chi connectivity index (χ3n) is 4.20. The van der Waals surface area contributed by atoms with Crippen molar-refractivity contribution in [1.29, 1.82) is 5.26 Å². The molecular weight excluding hydrogens is 350 g/mol. The summed E-state index contributed by atoms with van der Waals surface area (Å²) < 4.78 is 10.9. The Labute approximate surface area is 156 Å². The molecule has 2 heterocycles. The first-order valence-electron chi connectivity index (χ1n) is 8.51. The number of ether oxygens (including phenoxy) is 2. The van der Waals surface area contributed by atoms with Crippen LogP contribution < -0.4 is 10.1 Å². The number of amides is 1. The molecule has 0 spiro atoms. The monoisotopic (exact) mass is 371 g/mol. The Balaban J connectivity index is 1.51. The standard InChI is InChI=1S/C19H21N3O3S/c20-12-15-3-5-16(6-4-15)25-14-19(23)21-13-17(18-2-1-11-26-18)22-7-9-24-10-8-22/h1-6,11,17H,7-10,13-14H2,(H,21,23). The van der Waals surface area contributed by atoms with Gasteiger partial charge in [-0.1, -0.05) is 6.07 Å². The van der Waals surface area contributed by atoms with Crippen LogP contribution in [-0.4, -0.2) is 50.3 Å². The summed E-state index contributed by atoms with van der Waals surface area (Å²) >= 11 is 1.70. The van der Waals surface area contributed by atoms with Gasteiger partial charge < -0.3 is 14.8 Å². The van der Waals surface area contributed by atoms with Gasteiger partial charge in [0.15, 0.2) is 6.61 Å². The first kappa shape index (κ1) is 18.4. The molecule has 1 fully saturated rings. The molecule has 1 aromatic heterocycles. The molecule has 3 rings (SSSR count). The van der Waals surface area contributed by atoms with E-state index in [0.717, 1.165) is 26.3 Å². The van der Waals surface area contributed by atoms with E-state index in [-0.39, 0.29) is 18.6 Å². The van der Waals surface area contributed by atoms with Crippen LogP contribution in [0.2, 0.25) is 0 Å². The third kappa shape index (κ3) is 5.05. The minimum absolute atomic E-state index is 0.0494. The number of nitriles is 1. The van der Waals surface area contributed by atoms with E-state index in [2.05, 4.69) is 21.7 Å². The molecule has 1 amide bonds. The van der Waals surface area contributed by atoms with Crippen molar-refractivity contribution in [2.45, 2.75) is 6.04 Å². The van der Waals surface area contributed by atoms with E-state index < -0.39 is 0 Å². The quantitative estimate of drug-likeness (QED) is 0.808. The van der Waals surface area contributed by atoms with Crippen molar-refractivity contribution in [3.8, 4) is 11.8 Å². The maximum atomic E-state index is 12.2. The number of rotatable bonds is 7. The number of nitrogens with zero attached hydrogens (tertiary/aromatic N) is 2. The van der Waals surface area contributed by atoms with Crippen LogP contribution in [0.15, 0.2) is 41.8 Å². The van der Waals surface area contributed by atoms with E-state index in [1.165, 1.54) is 4.88 Å². The van der Waals surface area contributed by atoms with Gasteiger partial charge in [0.2, 0.25) is 0 Å². The average Bonchev–Trinajstić information content (AvgIpc) is 3.22. The zero-order chi connectivity index (χ0) is 18.2. The highest BCUT2D eigenvalue weighted by Crippen LogP contribution is 2.25. The highest BCUT2D eigenvalue weighted by Gasteiger charge is 2.23. The fourth-order valence-corrected chi connectivity index (χ4v) is 3.68. The number of morpholine rings is 1. The molecule has 26 heavy (non-hydrogen) atoms. The molecule has 1 atom stereocenters. The van der Waals surface area contributed by atoms with Crippen molar-refractivity contribution in [2.24, 2.45) is 0 Å². The Morgan fingerprint density at radius 2 is 2.08 bits per heavy atom. The third-order valence-corrected chi connectivity index (χ3v) is 5.18. The van der Waals surface area contributed by atoms with Crippen molar-refractivity contribution in [3.63, 3.8) is 0 Å². The van der Waals surface area contributed by atoms with Crippen LogP contribution in [0.25, 0.3) is 0 Å². The van der Waals surface area contributed by atoms with Gasteiger partial charge in [-0.2, -0.15) is 5.26 Å². The Morgan fingerprint density at radius 1 is 1.31 bits per heavy atom. The molecule has 0 saturated carbocycles. The number of carbonyl (C=O) groups excluding carboxylic acids is 1. The number of hydrogen-bond donors (Lipinski definition) is 1. The van der Waals surface area contributed by atoms with Crippen molar-refractivity contribution in [3.05, 3.63) is 52.2 Å². The van der Waals surface area contributed by atoms with E-state index in [1.54, 1.807) is 35.6 Å². The predicted molar refractivity (Wildman–Crippen MR) is 99.1 cm³/mol. The SMILES string of the molecule is N#Cc1ccc(OCC(=O)NCC(c2cccs2)N2CCOCC2)cc1. The predicted octanol–water partition coefficient (Wildman–Crippen LogP) is 2.19. The molecule has 1 aliphatic rings. The fraction of sp³-hybridized carbons (Fsp3) is 0.368. The summed E-state index contributed by atoms with van der Waals surface area (Å²) in [5, 5.41) is 13.8. The average molecular weight is 371 g/mol. The molecule has 1 saturated heterocycles. The van der Waals surface area contributed by atoms with E-state index >= 15 is 0 Å². The molecule has 7 heteroatoms. The molecule has 136 valence electrons. The maximum absolute atomic E-state index is 12.2. The minimum Gasteiger partial charge on any atom is -0.484 e. The van der Waals surface area contributed by atoms with Gasteiger partial charge in [0, 0.05) is 24.5 Å². The zero-order valence-electron chi connectivity index (χ0n) is 14.4. The van der Waals surface area contributed by atoms with Gasteiger partial charge in [0.25, 0.3) is 5.91 Å². The number of benzene rings is 1. The minimum atomic E-state index is -0.163. The zero-order valence-corrected chi connectivity index (χ0v) is 15.2. The molecular formula is C19H21N3O3S. The summed E-state index contributed by atoms with van der Waals surface area (Å²) in [6, 6.07) is 13.0. The lowest BCUT2D eigenvalue weighted by Gasteiger charge is -2.34. The van der Waals surface area contributed by atoms with Gasteiger partial charge in [-0.25, -0.2) is 0 Å². The van der Waals surface area contributed by atoms with E-state index in [1.807, 2.05) is 12.1 Å². The van der Waals surface area contributed by atoms with E-state index in [9.17, 15) is 4.79 Å². The summed E-state index contributed by atoms with van der Waals surface area (Å²) in [5.41, 5.74) is 0.561. The molecule has 2 aromatic rings. The second-order valence-corrected chi connectivity index (χ2v) is 6.89. The lowest BCUT2D eigenvalue weighted by atomic mass is 10.2. The summed E-state index contributed by atoms with van der Waals surface area (Å²) in [7, 11) is 0. The smallest absolute Gasteiger partial charge is 0.258 e. The second-order valence-electron chi connectivity index (χ2n) is 5.91. The molecule has 1 aliphatic heterocycles. The van der Waals surface area contributed by atoms with Crippen LogP contribution >= 0.6 is 11.3 Å². The Hall–Kier alpha value is -2.40. The summed E-state index contributed by atoms with van der Waals surface area (Å²) in [6.07, 6.45) is 0. The van der Waals surface area contributed by atoms with Gasteiger partial charge >= 0.3 is 0 Å². The molecule has 0 bridgehead atoms. The fourth-order valence-electron chi connectivity index (χ4n) is 2.82. The van der Waals surface area contributed by atoms with Gasteiger partial charge in [0.05, 0.1) is 30.9 Å². The first-order chi connectivity index (χ1) is 12.8. The molecule has 6 nitrogen and oxygen atoms in total. The molecule has 1 aromatic carbocycles. The summed E-state index contributed by atoms with van der Waals surface area (Å²) in [5.74, 6) is 0.409. The number of thiophene rings is 1. The van der Waals surface area contributed by atoms with Gasteiger partial charge in [-0.3, -0.25) is 9.69 Å². The maximum Gasteiger partial charge on any atom is 0.258 e. The van der Waals surface area contributed by atoms with E-state index in [4.69, 9.17) is 14.7 Å². The Morgan fingerprint density at radius 3 is 2.73 bits per heavy atom. The van der Waals surface area contributed by atoms with Crippen LogP contribution in [0.3, 0.4) is 0 Å². The topological polar surface area (TPSA) is 74.6 Å². The van der Waals surface area contributed by atoms with Crippen LogP contribution in [0.4, 0.5) is 0 Å². The van der Waals surface area contributed by atoms with Crippen LogP contribution in [0, 0.1) is 11.3 Å². The van der Waals surface area contributed by atoms with Crippen molar-refractivity contribution in [2.75, 3.05) is 39.5 Å². The lowest BCUT2D eigenvalue weighted by molar-refractivity contribution is -0.123. The first-order valence-corrected chi connectivity index (χ1v) is 9.39. The Kier molecular flexibility index (Phi) is 6.61.